The fourth-order valence-corrected chi connectivity index (χ4v) is 6.30. The van der Waals surface area contributed by atoms with Gasteiger partial charge in [-0.25, -0.2) is 12.8 Å². The first-order valence-electron chi connectivity index (χ1n) is 10.6. The summed E-state index contributed by atoms with van der Waals surface area (Å²) in [5, 5.41) is 3.54. The minimum Gasteiger partial charge on any atom is -0.476 e. The molecule has 11 heteroatoms. The number of thioether (sulfide) groups is 1. The van der Waals surface area contributed by atoms with E-state index in [1.807, 2.05) is 0 Å². The highest BCUT2D eigenvalue weighted by Gasteiger charge is 2.37. The summed E-state index contributed by atoms with van der Waals surface area (Å²) in [5.74, 6) is 0.347. The molecule has 0 unspecified atom stereocenters. The van der Waals surface area contributed by atoms with Crippen LogP contribution in [0.3, 0.4) is 0 Å². The number of ether oxygens (including phenoxy) is 1. The average molecular weight is 555 g/mol. The highest BCUT2D eigenvalue weighted by Crippen LogP contribution is 2.37. The van der Waals surface area contributed by atoms with Crippen molar-refractivity contribution in [3.8, 4) is 5.75 Å². The third kappa shape index (κ3) is 5.86. The topological polar surface area (TPSA) is 75.7 Å². The molecule has 1 atom stereocenters. The van der Waals surface area contributed by atoms with Crippen LogP contribution in [-0.2, 0) is 20.6 Å². The largest absolute Gasteiger partial charge is 0.476 e. The molecule has 4 rings (SSSR count). The lowest BCUT2D eigenvalue weighted by Gasteiger charge is -2.34. The molecule has 1 aliphatic rings. The zero-order chi connectivity index (χ0) is 25.0. The SMILES string of the molecule is O=C(NCCSCc1c(F)cccc1Cl)[C@@H]1CN(S(=O)(=O)c2ccc(Cl)cc2)c2ccccc2O1. The number of hydrogen-bond acceptors (Lipinski definition) is 5. The number of hydrogen-bond donors (Lipinski definition) is 1. The minimum atomic E-state index is -3.96. The highest BCUT2D eigenvalue weighted by molar-refractivity contribution is 7.98. The van der Waals surface area contributed by atoms with E-state index in [0.29, 0.717) is 45.1 Å². The van der Waals surface area contributed by atoms with Crippen molar-refractivity contribution in [1.29, 1.82) is 0 Å². The second-order valence-electron chi connectivity index (χ2n) is 7.61. The van der Waals surface area contributed by atoms with E-state index in [0.717, 1.165) is 0 Å². The van der Waals surface area contributed by atoms with Gasteiger partial charge >= 0.3 is 0 Å². The van der Waals surface area contributed by atoms with E-state index in [4.69, 9.17) is 27.9 Å². The molecule has 35 heavy (non-hydrogen) atoms. The van der Waals surface area contributed by atoms with Crippen LogP contribution in [0.2, 0.25) is 10.0 Å². The van der Waals surface area contributed by atoms with Gasteiger partial charge in [0.25, 0.3) is 15.9 Å². The van der Waals surface area contributed by atoms with Crippen molar-refractivity contribution >= 4 is 56.6 Å². The second-order valence-corrected chi connectivity index (χ2v) is 11.4. The van der Waals surface area contributed by atoms with Gasteiger partial charge in [-0.15, -0.1) is 0 Å². The van der Waals surface area contributed by atoms with Crippen LogP contribution >= 0.6 is 35.0 Å². The normalized spacial score (nSPS) is 15.3. The van der Waals surface area contributed by atoms with Gasteiger partial charge in [-0.05, 0) is 48.5 Å². The molecule has 0 aromatic heterocycles. The predicted octanol–water partition coefficient (Wildman–Crippen LogP) is 5.14. The molecule has 1 amide bonds. The van der Waals surface area contributed by atoms with Crippen molar-refractivity contribution in [3.63, 3.8) is 0 Å². The number of nitrogens with one attached hydrogen (secondary N) is 1. The first-order valence-corrected chi connectivity index (χ1v) is 13.9. The quantitative estimate of drug-likeness (QED) is 0.390. The van der Waals surface area contributed by atoms with Crippen molar-refractivity contribution in [2.24, 2.45) is 0 Å². The van der Waals surface area contributed by atoms with Crippen LogP contribution in [0.4, 0.5) is 10.1 Å². The Bertz CT molecular complexity index is 1300. The van der Waals surface area contributed by atoms with E-state index in [-0.39, 0.29) is 17.3 Å². The summed E-state index contributed by atoms with van der Waals surface area (Å²) in [4.78, 5) is 12.9. The number of carbonyl (C=O) groups excluding carboxylic acids is 1. The number of amides is 1. The monoisotopic (exact) mass is 554 g/mol. The number of rotatable bonds is 8. The molecule has 0 saturated carbocycles. The van der Waals surface area contributed by atoms with Crippen LogP contribution in [0.1, 0.15) is 5.56 Å². The Hall–Kier alpha value is -2.46. The lowest BCUT2D eigenvalue weighted by atomic mass is 10.2. The molecule has 6 nitrogen and oxygen atoms in total. The predicted molar refractivity (Wildman–Crippen MR) is 137 cm³/mol. The Balaban J connectivity index is 1.41. The highest BCUT2D eigenvalue weighted by atomic mass is 35.5. The van der Waals surface area contributed by atoms with Crippen molar-refractivity contribution < 1.29 is 22.3 Å². The lowest BCUT2D eigenvalue weighted by Crippen LogP contribution is -2.51. The summed E-state index contributed by atoms with van der Waals surface area (Å²) >= 11 is 13.4. The van der Waals surface area contributed by atoms with E-state index in [2.05, 4.69) is 5.32 Å². The summed E-state index contributed by atoms with van der Waals surface area (Å²) in [6.07, 6.45) is -1.04. The molecule has 184 valence electrons. The van der Waals surface area contributed by atoms with Crippen LogP contribution in [0.15, 0.2) is 71.6 Å². The smallest absolute Gasteiger partial charge is 0.264 e. The number of anilines is 1. The molecular weight excluding hydrogens is 534 g/mol. The standard InChI is InChI=1S/C24H21Cl2FN2O4S2/c25-16-8-10-17(11-9-16)35(31,32)29-14-23(33-22-7-2-1-6-21(22)29)24(30)28-12-13-34-15-18-19(26)4-3-5-20(18)27/h1-11,23H,12-15H2,(H,28,30)/t23-/m0/s1. The van der Waals surface area contributed by atoms with Gasteiger partial charge in [0.2, 0.25) is 0 Å². The maximum atomic E-state index is 13.9. The molecule has 0 spiro atoms. The van der Waals surface area contributed by atoms with Crippen molar-refractivity contribution in [3.05, 3.63) is 88.2 Å². The Kier molecular flexibility index (Phi) is 8.11. The van der Waals surface area contributed by atoms with Crippen molar-refractivity contribution in [1.82, 2.24) is 5.32 Å². The minimum absolute atomic E-state index is 0.0565. The summed E-state index contributed by atoms with van der Waals surface area (Å²) in [7, 11) is -3.96. The maximum Gasteiger partial charge on any atom is 0.264 e. The van der Waals surface area contributed by atoms with Gasteiger partial charge in [-0.2, -0.15) is 11.8 Å². The Morgan fingerprint density at radius 3 is 2.57 bits per heavy atom. The molecule has 0 bridgehead atoms. The summed E-state index contributed by atoms with van der Waals surface area (Å²) in [5.41, 5.74) is 0.768. The van der Waals surface area contributed by atoms with E-state index in [1.54, 1.807) is 36.4 Å². The summed E-state index contributed by atoms with van der Waals surface area (Å²) in [6.45, 7) is 0.104. The molecular formula is C24H21Cl2FN2O4S2. The molecule has 0 fully saturated rings. The van der Waals surface area contributed by atoms with Gasteiger partial charge in [-0.3, -0.25) is 9.10 Å². The molecule has 1 N–H and O–H groups in total. The third-order valence-electron chi connectivity index (χ3n) is 5.28. The molecule has 0 radical (unpaired) electrons. The van der Waals surface area contributed by atoms with Gasteiger partial charge < -0.3 is 10.1 Å². The Morgan fingerprint density at radius 1 is 1.09 bits per heavy atom. The fourth-order valence-electron chi connectivity index (χ4n) is 3.50. The van der Waals surface area contributed by atoms with Crippen LogP contribution in [0.25, 0.3) is 0 Å². The number of sulfonamides is 1. The first kappa shape index (κ1) is 25.6. The van der Waals surface area contributed by atoms with E-state index >= 15 is 0 Å². The number of carbonyl (C=O) groups is 1. The van der Waals surface area contributed by atoms with Crippen molar-refractivity contribution in [2.45, 2.75) is 16.8 Å². The Labute approximate surface area is 217 Å². The average Bonchev–Trinajstić information content (AvgIpc) is 2.84. The third-order valence-corrected chi connectivity index (χ3v) is 8.67. The zero-order valence-electron chi connectivity index (χ0n) is 18.3. The van der Waals surface area contributed by atoms with Crippen LogP contribution in [0.5, 0.6) is 5.75 Å². The molecule has 0 saturated heterocycles. The number of nitrogens with zero attached hydrogens (tertiary/aromatic N) is 1. The van der Waals surface area contributed by atoms with Crippen LogP contribution in [0, 0.1) is 5.82 Å². The molecule has 1 aliphatic heterocycles. The second kappa shape index (κ2) is 11.1. The van der Waals surface area contributed by atoms with Gasteiger partial charge in [0, 0.05) is 33.7 Å². The lowest BCUT2D eigenvalue weighted by molar-refractivity contribution is -0.127. The number of benzene rings is 3. The molecule has 1 heterocycles. The zero-order valence-corrected chi connectivity index (χ0v) is 21.4. The number of halogens is 3. The van der Waals surface area contributed by atoms with Crippen molar-refractivity contribution in [2.75, 3.05) is 23.1 Å². The molecule has 0 aliphatic carbocycles. The van der Waals surface area contributed by atoms with E-state index in [1.165, 1.54) is 46.4 Å². The van der Waals surface area contributed by atoms with Gasteiger partial charge in [0.15, 0.2) is 6.10 Å². The van der Waals surface area contributed by atoms with Gasteiger partial charge in [0.1, 0.15) is 11.6 Å². The van der Waals surface area contributed by atoms with Gasteiger partial charge in [-0.1, -0.05) is 41.4 Å². The van der Waals surface area contributed by atoms with Gasteiger partial charge in [0.05, 0.1) is 17.1 Å². The number of fused-ring (bicyclic) bond motifs is 1. The summed E-state index contributed by atoms with van der Waals surface area (Å²) < 4.78 is 47.6. The first-order chi connectivity index (χ1) is 16.8. The maximum absolute atomic E-state index is 13.9. The Morgan fingerprint density at radius 2 is 1.83 bits per heavy atom. The molecule has 3 aromatic carbocycles. The van der Waals surface area contributed by atoms with Crippen LogP contribution < -0.4 is 14.4 Å². The molecule has 3 aromatic rings. The van der Waals surface area contributed by atoms with Crippen LogP contribution in [-0.4, -0.2) is 39.3 Å². The number of para-hydroxylation sites is 2. The van der Waals surface area contributed by atoms with E-state index in [9.17, 15) is 17.6 Å². The summed E-state index contributed by atoms with van der Waals surface area (Å²) in [6, 6.07) is 17.0. The fraction of sp³-hybridized carbons (Fsp3) is 0.208. The van der Waals surface area contributed by atoms with E-state index < -0.39 is 22.0 Å².